The number of aliphatic hydroxyl groups excluding tert-OH is 1. The molecule has 2 aliphatic rings. The molecule has 21 heavy (non-hydrogen) atoms. The zero-order valence-electron chi connectivity index (χ0n) is 11.8. The summed E-state index contributed by atoms with van der Waals surface area (Å²) in [7, 11) is 2.00. The van der Waals surface area contributed by atoms with E-state index < -0.39 is 16.9 Å². The average molecular weight is 290 g/mol. The topological polar surface area (TPSA) is 83.7 Å². The van der Waals surface area contributed by atoms with Gasteiger partial charge in [-0.2, -0.15) is 0 Å². The average Bonchev–Trinajstić information content (AvgIpc) is 2.71. The van der Waals surface area contributed by atoms with Crippen LogP contribution in [-0.4, -0.2) is 39.8 Å². The maximum Gasteiger partial charge on any atom is 0.269 e. The summed E-state index contributed by atoms with van der Waals surface area (Å²) in [6.45, 7) is 0. The van der Waals surface area contributed by atoms with Gasteiger partial charge in [0.2, 0.25) is 0 Å². The molecule has 0 spiro atoms. The van der Waals surface area contributed by atoms with Crippen molar-refractivity contribution in [3.63, 3.8) is 0 Å². The Morgan fingerprint density at radius 2 is 2.00 bits per heavy atom. The summed E-state index contributed by atoms with van der Waals surface area (Å²) < 4.78 is 0. The number of benzene rings is 1. The molecule has 112 valence electrons. The Morgan fingerprint density at radius 1 is 1.33 bits per heavy atom. The van der Waals surface area contributed by atoms with Crippen LogP contribution >= 0.6 is 0 Å². The molecule has 1 aromatic carbocycles. The number of hydrogen-bond acceptors (Lipinski definition) is 5. The van der Waals surface area contributed by atoms with E-state index >= 15 is 0 Å². The predicted octanol–water partition coefficient (Wildman–Crippen LogP) is 1.68. The minimum Gasteiger partial charge on any atom is -0.388 e. The molecule has 4 atom stereocenters. The quantitative estimate of drug-likeness (QED) is 0.676. The van der Waals surface area contributed by atoms with E-state index in [2.05, 4.69) is 4.90 Å². The van der Waals surface area contributed by atoms with Gasteiger partial charge in [0.1, 0.15) is 5.78 Å². The number of nitrogens with zero attached hydrogens (tertiary/aromatic N) is 2. The van der Waals surface area contributed by atoms with E-state index in [9.17, 15) is 20.0 Å². The summed E-state index contributed by atoms with van der Waals surface area (Å²) >= 11 is 0. The second-order valence-electron chi connectivity index (χ2n) is 5.95. The lowest BCUT2D eigenvalue weighted by molar-refractivity contribution is -0.384. The molecule has 0 saturated carbocycles. The molecule has 0 amide bonds. The molecule has 1 N–H and O–H groups in total. The minimum absolute atomic E-state index is 0.0148. The first-order valence-electron chi connectivity index (χ1n) is 7.16. The Morgan fingerprint density at radius 3 is 2.62 bits per heavy atom. The highest BCUT2D eigenvalue weighted by Gasteiger charge is 2.47. The number of ketones is 1. The third kappa shape index (κ3) is 2.34. The van der Waals surface area contributed by atoms with Crippen LogP contribution in [0.4, 0.5) is 5.69 Å². The van der Waals surface area contributed by atoms with Crippen molar-refractivity contribution in [1.29, 1.82) is 0 Å². The third-order valence-corrected chi connectivity index (χ3v) is 4.90. The monoisotopic (exact) mass is 290 g/mol. The first-order chi connectivity index (χ1) is 9.99. The number of carbonyl (C=O) groups excluding carboxylic acids is 1. The van der Waals surface area contributed by atoms with E-state index in [0.29, 0.717) is 18.0 Å². The lowest BCUT2D eigenvalue weighted by Crippen LogP contribution is -2.49. The maximum absolute atomic E-state index is 12.3. The van der Waals surface area contributed by atoms with Crippen LogP contribution in [0.1, 0.15) is 30.9 Å². The number of carbonyl (C=O) groups is 1. The lowest BCUT2D eigenvalue weighted by Gasteiger charge is -2.38. The first-order valence-corrected chi connectivity index (χ1v) is 7.16. The van der Waals surface area contributed by atoms with Crippen molar-refractivity contribution in [1.82, 2.24) is 4.90 Å². The fourth-order valence-electron chi connectivity index (χ4n) is 3.69. The van der Waals surface area contributed by atoms with E-state index in [1.54, 1.807) is 0 Å². The predicted molar refractivity (Wildman–Crippen MR) is 75.7 cm³/mol. The zero-order chi connectivity index (χ0) is 15.1. The summed E-state index contributed by atoms with van der Waals surface area (Å²) in [5, 5.41) is 21.2. The van der Waals surface area contributed by atoms with Crippen LogP contribution in [0.5, 0.6) is 0 Å². The van der Waals surface area contributed by atoms with Crippen LogP contribution in [0, 0.1) is 16.0 Å². The van der Waals surface area contributed by atoms with E-state index in [1.807, 2.05) is 7.05 Å². The highest BCUT2D eigenvalue weighted by Crippen LogP contribution is 2.41. The van der Waals surface area contributed by atoms with Gasteiger partial charge in [0.25, 0.3) is 5.69 Å². The zero-order valence-corrected chi connectivity index (χ0v) is 11.8. The number of Topliss-reactive ketones (excluding diaryl/α,β-unsaturated/α-hetero) is 1. The molecule has 0 radical (unpaired) electrons. The maximum atomic E-state index is 12.3. The van der Waals surface area contributed by atoms with Gasteiger partial charge >= 0.3 is 0 Å². The van der Waals surface area contributed by atoms with E-state index in [4.69, 9.17) is 0 Å². The molecule has 6 nitrogen and oxygen atoms in total. The summed E-state index contributed by atoms with van der Waals surface area (Å²) in [4.78, 5) is 24.7. The Hall–Kier alpha value is -1.79. The number of hydrogen-bond donors (Lipinski definition) is 1. The number of nitro groups is 1. The molecule has 2 saturated heterocycles. The van der Waals surface area contributed by atoms with Crippen molar-refractivity contribution < 1.29 is 14.8 Å². The fraction of sp³-hybridized carbons (Fsp3) is 0.533. The van der Waals surface area contributed by atoms with Crippen LogP contribution in [0.15, 0.2) is 24.3 Å². The fourth-order valence-corrected chi connectivity index (χ4v) is 3.69. The second kappa shape index (κ2) is 5.20. The second-order valence-corrected chi connectivity index (χ2v) is 5.95. The van der Waals surface area contributed by atoms with Gasteiger partial charge in [-0.15, -0.1) is 0 Å². The molecule has 0 aliphatic carbocycles. The highest BCUT2D eigenvalue weighted by atomic mass is 16.6. The summed E-state index contributed by atoms with van der Waals surface area (Å²) in [5.41, 5.74) is 0.552. The summed E-state index contributed by atoms with van der Waals surface area (Å²) in [6, 6.07) is 6.19. The smallest absolute Gasteiger partial charge is 0.269 e. The number of piperidine rings is 1. The molecule has 2 heterocycles. The van der Waals surface area contributed by atoms with Gasteiger partial charge in [-0.05, 0) is 37.6 Å². The number of aliphatic hydroxyl groups is 1. The summed E-state index contributed by atoms with van der Waals surface area (Å²) in [5.74, 6) is -0.332. The number of rotatable bonds is 3. The van der Waals surface area contributed by atoms with Crippen LogP contribution in [0.3, 0.4) is 0 Å². The molecule has 0 unspecified atom stereocenters. The molecule has 2 bridgehead atoms. The largest absolute Gasteiger partial charge is 0.388 e. The van der Waals surface area contributed by atoms with E-state index in [1.165, 1.54) is 24.3 Å². The van der Waals surface area contributed by atoms with Crippen molar-refractivity contribution in [3.05, 3.63) is 39.9 Å². The lowest BCUT2D eigenvalue weighted by atomic mass is 9.82. The minimum atomic E-state index is -0.898. The standard InChI is InChI=1S/C15H18N2O4/c1-16-11-6-7-12(16)14(13(18)8-11)15(19)9-2-4-10(5-3-9)17(20)21/h2-5,11-12,14-15,19H,6-8H2,1H3/t11-,12+,14+,15+/m1/s1. The molecule has 0 aromatic heterocycles. The Balaban J connectivity index is 1.85. The molecule has 3 rings (SSSR count). The molecule has 2 fully saturated rings. The Kier molecular flexibility index (Phi) is 3.51. The van der Waals surface area contributed by atoms with E-state index in [-0.39, 0.29) is 17.5 Å². The third-order valence-electron chi connectivity index (χ3n) is 4.90. The Bertz CT molecular complexity index is 572. The molecular formula is C15H18N2O4. The number of non-ortho nitro benzene ring substituents is 1. The van der Waals surface area contributed by atoms with Crippen LogP contribution in [0.2, 0.25) is 0 Å². The number of fused-ring (bicyclic) bond motifs is 2. The Labute approximate surface area is 122 Å². The molecule has 6 heteroatoms. The number of nitro benzene ring substituents is 1. The first kappa shape index (κ1) is 14.2. The van der Waals surface area contributed by atoms with Gasteiger partial charge in [-0.1, -0.05) is 0 Å². The van der Waals surface area contributed by atoms with Crippen molar-refractivity contribution in [2.75, 3.05) is 7.05 Å². The molecule has 1 aromatic rings. The van der Waals surface area contributed by atoms with Gasteiger partial charge in [0.15, 0.2) is 0 Å². The van der Waals surface area contributed by atoms with Crippen LogP contribution in [-0.2, 0) is 4.79 Å². The van der Waals surface area contributed by atoms with Gasteiger partial charge in [-0.25, -0.2) is 0 Å². The van der Waals surface area contributed by atoms with Crippen molar-refractivity contribution in [3.8, 4) is 0 Å². The SMILES string of the molecule is CN1[C@@H]2CC[C@H]1[C@H]([C@@H](O)c1ccc([N+](=O)[O-])cc1)C(=O)C2. The van der Waals surface area contributed by atoms with Crippen molar-refractivity contribution in [2.45, 2.75) is 37.5 Å². The molecule has 2 aliphatic heterocycles. The normalized spacial score (nSPS) is 30.4. The van der Waals surface area contributed by atoms with Gasteiger partial charge in [0, 0.05) is 30.6 Å². The van der Waals surface area contributed by atoms with Gasteiger partial charge in [-0.3, -0.25) is 19.8 Å². The van der Waals surface area contributed by atoms with Crippen LogP contribution < -0.4 is 0 Å². The van der Waals surface area contributed by atoms with Gasteiger partial charge in [0.05, 0.1) is 16.9 Å². The van der Waals surface area contributed by atoms with Crippen molar-refractivity contribution in [2.24, 2.45) is 5.92 Å². The van der Waals surface area contributed by atoms with Crippen molar-refractivity contribution >= 4 is 11.5 Å². The molecular weight excluding hydrogens is 272 g/mol. The van der Waals surface area contributed by atoms with Crippen LogP contribution in [0.25, 0.3) is 0 Å². The van der Waals surface area contributed by atoms with Gasteiger partial charge < -0.3 is 5.11 Å². The van der Waals surface area contributed by atoms with E-state index in [0.717, 1.165) is 12.8 Å². The summed E-state index contributed by atoms with van der Waals surface area (Å²) in [6.07, 6.45) is 1.50. The highest BCUT2D eigenvalue weighted by molar-refractivity contribution is 5.84.